The smallest absolute Gasteiger partial charge is 0.138 e. The molecule has 0 atom stereocenters. The summed E-state index contributed by atoms with van der Waals surface area (Å²) in [4.78, 5) is 9.36. The number of hydrogen-bond acceptors (Lipinski definition) is 4. The number of nitrogens with one attached hydrogen (secondary N) is 2. The fourth-order valence-electron chi connectivity index (χ4n) is 2.44. The van der Waals surface area contributed by atoms with E-state index in [4.69, 9.17) is 4.98 Å². The molecule has 0 aromatic carbocycles. The van der Waals surface area contributed by atoms with Gasteiger partial charge in [-0.25, -0.2) is 9.97 Å². The van der Waals surface area contributed by atoms with Crippen LogP contribution >= 0.6 is 0 Å². The summed E-state index contributed by atoms with van der Waals surface area (Å²) in [5.41, 5.74) is 1.07. The van der Waals surface area contributed by atoms with Crippen LogP contribution < -0.4 is 10.6 Å². The lowest BCUT2D eigenvalue weighted by Crippen LogP contribution is -2.21. The molecule has 112 valence electrons. The van der Waals surface area contributed by atoms with Gasteiger partial charge in [0, 0.05) is 24.6 Å². The van der Waals surface area contributed by atoms with Crippen molar-refractivity contribution in [3.05, 3.63) is 11.4 Å². The number of nitrogens with zero attached hydrogens (tertiary/aromatic N) is 2. The fourth-order valence-corrected chi connectivity index (χ4v) is 2.44. The lowest BCUT2D eigenvalue weighted by Gasteiger charge is -2.26. The van der Waals surface area contributed by atoms with Gasteiger partial charge >= 0.3 is 0 Å². The molecule has 1 aliphatic carbocycles. The molecule has 1 aromatic heterocycles. The predicted molar refractivity (Wildman–Crippen MR) is 85.5 cm³/mol. The summed E-state index contributed by atoms with van der Waals surface area (Å²) < 4.78 is 0. The van der Waals surface area contributed by atoms with E-state index >= 15 is 0 Å². The van der Waals surface area contributed by atoms with Crippen molar-refractivity contribution in [2.75, 3.05) is 24.2 Å². The number of hydrogen-bond donors (Lipinski definition) is 2. The second-order valence-electron chi connectivity index (χ2n) is 6.88. The Morgan fingerprint density at radius 3 is 2.30 bits per heavy atom. The summed E-state index contributed by atoms with van der Waals surface area (Å²) >= 11 is 0. The summed E-state index contributed by atoms with van der Waals surface area (Å²) in [5, 5.41) is 6.69. The van der Waals surface area contributed by atoms with Crippen LogP contribution in [0.1, 0.15) is 57.8 Å². The maximum absolute atomic E-state index is 4.73. The zero-order chi connectivity index (χ0) is 14.8. The Kier molecular flexibility index (Phi) is 4.51. The van der Waals surface area contributed by atoms with E-state index in [1.54, 1.807) is 0 Å². The quantitative estimate of drug-likeness (QED) is 0.860. The third-order valence-electron chi connectivity index (χ3n) is 4.12. The fraction of sp³-hybridized carbons (Fsp3) is 0.750. The Morgan fingerprint density at radius 2 is 1.80 bits per heavy atom. The second-order valence-corrected chi connectivity index (χ2v) is 6.88. The Morgan fingerprint density at radius 1 is 1.15 bits per heavy atom. The SMILES string of the molecule is CNc1nc(C(C)(C)C)nc(NCCC2CCC2)c1C. The van der Waals surface area contributed by atoms with Crippen molar-refractivity contribution in [3.63, 3.8) is 0 Å². The van der Waals surface area contributed by atoms with E-state index in [-0.39, 0.29) is 5.41 Å². The first kappa shape index (κ1) is 15.1. The van der Waals surface area contributed by atoms with E-state index in [1.165, 1.54) is 25.7 Å². The van der Waals surface area contributed by atoms with E-state index < -0.39 is 0 Å². The van der Waals surface area contributed by atoms with Gasteiger partial charge in [0.1, 0.15) is 17.5 Å². The van der Waals surface area contributed by atoms with Crippen LogP contribution in [-0.2, 0) is 5.41 Å². The van der Waals surface area contributed by atoms with Gasteiger partial charge in [-0.1, -0.05) is 40.0 Å². The first-order valence-electron chi connectivity index (χ1n) is 7.72. The second kappa shape index (κ2) is 5.98. The number of aromatic nitrogens is 2. The van der Waals surface area contributed by atoms with Gasteiger partial charge in [-0.05, 0) is 19.3 Å². The maximum atomic E-state index is 4.73. The highest BCUT2D eigenvalue weighted by Gasteiger charge is 2.21. The minimum absolute atomic E-state index is 0.0380. The number of anilines is 2. The third kappa shape index (κ3) is 3.41. The van der Waals surface area contributed by atoms with Crippen LogP contribution in [0.25, 0.3) is 0 Å². The molecule has 0 aliphatic heterocycles. The van der Waals surface area contributed by atoms with Gasteiger partial charge in [0.05, 0.1) is 0 Å². The van der Waals surface area contributed by atoms with Gasteiger partial charge in [0.25, 0.3) is 0 Å². The van der Waals surface area contributed by atoms with Crippen LogP contribution in [0.5, 0.6) is 0 Å². The van der Waals surface area contributed by atoms with Gasteiger partial charge in [-0.3, -0.25) is 0 Å². The van der Waals surface area contributed by atoms with Crippen molar-refractivity contribution in [1.82, 2.24) is 9.97 Å². The zero-order valence-corrected chi connectivity index (χ0v) is 13.5. The highest BCUT2D eigenvalue weighted by atomic mass is 15.1. The summed E-state index contributed by atoms with van der Waals surface area (Å²) in [6, 6.07) is 0. The lowest BCUT2D eigenvalue weighted by atomic mass is 9.83. The van der Waals surface area contributed by atoms with E-state index in [0.29, 0.717) is 0 Å². The summed E-state index contributed by atoms with van der Waals surface area (Å²) in [7, 11) is 1.92. The minimum atomic E-state index is -0.0380. The molecule has 0 saturated heterocycles. The summed E-state index contributed by atoms with van der Waals surface area (Å²) in [6.45, 7) is 9.53. The molecular weight excluding hydrogens is 248 g/mol. The zero-order valence-electron chi connectivity index (χ0n) is 13.5. The van der Waals surface area contributed by atoms with Crippen molar-refractivity contribution in [3.8, 4) is 0 Å². The number of rotatable bonds is 5. The molecule has 1 heterocycles. The summed E-state index contributed by atoms with van der Waals surface area (Å²) in [6.07, 6.45) is 5.47. The summed E-state index contributed by atoms with van der Waals surface area (Å²) in [5.74, 6) is 3.72. The van der Waals surface area contributed by atoms with Crippen molar-refractivity contribution < 1.29 is 0 Å². The monoisotopic (exact) mass is 276 g/mol. The molecule has 0 bridgehead atoms. The Balaban J connectivity index is 2.12. The van der Waals surface area contributed by atoms with Gasteiger partial charge in [-0.15, -0.1) is 0 Å². The standard InChI is InChI=1S/C16H28N4/c1-11-13(17-5)19-15(16(2,3)4)20-14(11)18-10-9-12-7-6-8-12/h12H,6-10H2,1-5H3,(H2,17,18,19,20). The van der Waals surface area contributed by atoms with Crippen molar-refractivity contribution in [2.45, 2.75) is 58.8 Å². The molecule has 1 fully saturated rings. The molecule has 1 aliphatic rings. The minimum Gasteiger partial charge on any atom is -0.373 e. The predicted octanol–water partition coefficient (Wildman–Crippen LogP) is 3.73. The van der Waals surface area contributed by atoms with Crippen molar-refractivity contribution in [2.24, 2.45) is 5.92 Å². The van der Waals surface area contributed by atoms with E-state index in [0.717, 1.165) is 35.5 Å². The van der Waals surface area contributed by atoms with Gasteiger partial charge in [0.15, 0.2) is 0 Å². The highest BCUT2D eigenvalue weighted by Crippen LogP contribution is 2.30. The van der Waals surface area contributed by atoms with Crippen LogP contribution in [-0.4, -0.2) is 23.6 Å². The molecule has 0 unspecified atom stereocenters. The average Bonchev–Trinajstić information content (AvgIpc) is 2.32. The largest absolute Gasteiger partial charge is 0.373 e. The average molecular weight is 276 g/mol. The highest BCUT2D eigenvalue weighted by molar-refractivity contribution is 5.57. The molecule has 1 aromatic rings. The molecule has 0 amide bonds. The van der Waals surface area contributed by atoms with Gasteiger partial charge in [-0.2, -0.15) is 0 Å². The van der Waals surface area contributed by atoms with Crippen LogP contribution in [0.15, 0.2) is 0 Å². The van der Waals surface area contributed by atoms with Gasteiger partial charge < -0.3 is 10.6 Å². The van der Waals surface area contributed by atoms with Crippen LogP contribution in [0, 0.1) is 12.8 Å². The first-order chi connectivity index (χ1) is 9.41. The Labute approximate surface area is 122 Å². The van der Waals surface area contributed by atoms with Gasteiger partial charge in [0.2, 0.25) is 0 Å². The van der Waals surface area contributed by atoms with Crippen LogP contribution in [0.2, 0.25) is 0 Å². The van der Waals surface area contributed by atoms with Crippen molar-refractivity contribution in [1.29, 1.82) is 0 Å². The van der Waals surface area contributed by atoms with Crippen molar-refractivity contribution >= 4 is 11.6 Å². The molecule has 0 radical (unpaired) electrons. The van der Waals surface area contributed by atoms with E-state index in [9.17, 15) is 0 Å². The maximum Gasteiger partial charge on any atom is 0.138 e. The molecule has 4 heteroatoms. The first-order valence-corrected chi connectivity index (χ1v) is 7.72. The topological polar surface area (TPSA) is 49.8 Å². The molecule has 0 spiro atoms. The van der Waals surface area contributed by atoms with E-state index in [1.807, 2.05) is 7.05 Å². The molecular formula is C16H28N4. The molecule has 2 N–H and O–H groups in total. The van der Waals surface area contributed by atoms with Crippen LogP contribution in [0.3, 0.4) is 0 Å². The Hall–Kier alpha value is -1.32. The lowest BCUT2D eigenvalue weighted by molar-refractivity contribution is 0.303. The molecule has 1 saturated carbocycles. The molecule has 4 nitrogen and oxygen atoms in total. The molecule has 2 rings (SSSR count). The molecule has 20 heavy (non-hydrogen) atoms. The van der Waals surface area contributed by atoms with Crippen LogP contribution in [0.4, 0.5) is 11.6 Å². The van der Waals surface area contributed by atoms with E-state index in [2.05, 4.69) is 43.3 Å². The Bertz CT molecular complexity index is 458. The normalized spacial score (nSPS) is 15.8. The third-order valence-corrected chi connectivity index (χ3v) is 4.12.